The van der Waals surface area contributed by atoms with Crippen LogP contribution in [0.15, 0.2) is 28.7 Å². The Hall–Kier alpha value is -0.0700. The van der Waals surface area contributed by atoms with Crippen molar-refractivity contribution in [1.82, 2.24) is 0 Å². The first-order chi connectivity index (χ1) is 6.03. The molecule has 1 aromatic carbocycles. The Kier molecular flexibility index (Phi) is 3.75. The number of halogens is 2. The minimum absolute atomic E-state index is 0.212. The quantitative estimate of drug-likeness (QED) is 0.632. The van der Waals surface area contributed by atoms with E-state index in [-0.39, 0.29) is 4.66 Å². The summed E-state index contributed by atoms with van der Waals surface area (Å²) in [6.07, 6.45) is 0. The average Bonchev–Trinajstić information content (AvgIpc) is 2.09. The predicted molar refractivity (Wildman–Crippen MR) is 57.5 cm³/mol. The van der Waals surface area contributed by atoms with Gasteiger partial charge in [-0.15, -0.1) is 0 Å². The monoisotopic (exact) mass is 328 g/mol. The predicted octanol–water partition coefficient (Wildman–Crippen LogP) is 2.51. The second kappa shape index (κ2) is 4.43. The van der Waals surface area contributed by atoms with Crippen LogP contribution >= 0.6 is 31.9 Å². The van der Waals surface area contributed by atoms with Crippen molar-refractivity contribution in [2.75, 3.05) is 4.66 Å². The van der Waals surface area contributed by atoms with Gasteiger partial charge in [-0.2, -0.15) is 8.42 Å². The van der Waals surface area contributed by atoms with Crippen molar-refractivity contribution in [1.29, 1.82) is 0 Å². The highest BCUT2D eigenvalue weighted by Gasteiger charge is 2.09. The molecule has 0 aliphatic carbocycles. The first-order valence-corrected chi connectivity index (χ1v) is 6.76. The van der Waals surface area contributed by atoms with Gasteiger partial charge in [-0.25, -0.2) is 0 Å². The van der Waals surface area contributed by atoms with Crippen LogP contribution in [0.2, 0.25) is 0 Å². The molecule has 1 aromatic rings. The van der Waals surface area contributed by atoms with Crippen LogP contribution in [0.5, 0.6) is 5.75 Å². The van der Waals surface area contributed by atoms with Gasteiger partial charge in [-0.05, 0) is 24.3 Å². The zero-order valence-electron chi connectivity index (χ0n) is 6.41. The molecule has 72 valence electrons. The van der Waals surface area contributed by atoms with Crippen LogP contribution in [-0.2, 0) is 10.1 Å². The molecule has 0 aliphatic rings. The zero-order valence-corrected chi connectivity index (χ0v) is 10.4. The molecule has 0 bridgehead atoms. The lowest BCUT2D eigenvalue weighted by atomic mass is 10.3. The van der Waals surface area contributed by atoms with Crippen LogP contribution in [0.4, 0.5) is 0 Å². The number of benzene rings is 1. The second-order valence-corrected chi connectivity index (χ2v) is 5.99. The van der Waals surface area contributed by atoms with Crippen molar-refractivity contribution in [2.45, 2.75) is 0 Å². The van der Waals surface area contributed by atoms with Crippen LogP contribution in [-0.4, -0.2) is 13.1 Å². The molecule has 3 nitrogen and oxygen atoms in total. The van der Waals surface area contributed by atoms with Gasteiger partial charge in [0.25, 0.3) is 0 Å². The van der Waals surface area contributed by atoms with E-state index in [0.717, 1.165) is 4.47 Å². The summed E-state index contributed by atoms with van der Waals surface area (Å²) in [7, 11) is -3.48. The maximum absolute atomic E-state index is 11.0. The van der Waals surface area contributed by atoms with Gasteiger partial charge in [-0.3, -0.25) is 0 Å². The van der Waals surface area contributed by atoms with Gasteiger partial charge < -0.3 is 4.18 Å². The van der Waals surface area contributed by atoms with Crippen LogP contribution in [0.1, 0.15) is 0 Å². The van der Waals surface area contributed by atoms with Crippen LogP contribution < -0.4 is 4.18 Å². The van der Waals surface area contributed by atoms with Gasteiger partial charge in [-0.1, -0.05) is 31.9 Å². The van der Waals surface area contributed by atoms with E-state index in [4.69, 9.17) is 4.18 Å². The summed E-state index contributed by atoms with van der Waals surface area (Å²) >= 11 is 6.05. The summed E-state index contributed by atoms with van der Waals surface area (Å²) in [6, 6.07) is 6.56. The van der Waals surface area contributed by atoms with E-state index in [2.05, 4.69) is 31.9 Å². The molecule has 6 heteroatoms. The fourth-order valence-electron chi connectivity index (χ4n) is 0.659. The van der Waals surface area contributed by atoms with Crippen molar-refractivity contribution < 1.29 is 12.6 Å². The Bertz CT molecular complexity index is 371. The molecular formula is C7H6Br2O3S. The summed E-state index contributed by atoms with van der Waals surface area (Å²) in [4.78, 5) is 0. The largest absolute Gasteiger partial charge is 0.382 e. The van der Waals surface area contributed by atoms with Crippen LogP contribution in [0, 0.1) is 0 Å². The van der Waals surface area contributed by atoms with E-state index in [9.17, 15) is 8.42 Å². The maximum Gasteiger partial charge on any atom is 0.319 e. The molecule has 0 aliphatic heterocycles. The summed E-state index contributed by atoms with van der Waals surface area (Å²) in [5.41, 5.74) is 0. The van der Waals surface area contributed by atoms with Gasteiger partial charge in [0, 0.05) is 4.47 Å². The summed E-state index contributed by atoms with van der Waals surface area (Å²) in [6.45, 7) is 0. The Morgan fingerprint density at radius 2 is 1.77 bits per heavy atom. The van der Waals surface area contributed by atoms with Gasteiger partial charge in [0.05, 0.1) is 0 Å². The second-order valence-electron chi connectivity index (χ2n) is 2.20. The third kappa shape index (κ3) is 3.66. The van der Waals surface area contributed by atoms with Crippen molar-refractivity contribution in [3.05, 3.63) is 28.7 Å². The van der Waals surface area contributed by atoms with Crippen molar-refractivity contribution in [3.8, 4) is 5.75 Å². The van der Waals surface area contributed by atoms with E-state index < -0.39 is 10.1 Å². The highest BCUT2D eigenvalue weighted by Crippen LogP contribution is 2.18. The molecule has 0 saturated carbocycles. The smallest absolute Gasteiger partial charge is 0.319 e. The Labute approximate surface area is 93.5 Å². The maximum atomic E-state index is 11.0. The lowest BCUT2D eigenvalue weighted by Gasteiger charge is -2.03. The van der Waals surface area contributed by atoms with Gasteiger partial charge in [0.2, 0.25) is 0 Å². The van der Waals surface area contributed by atoms with Crippen LogP contribution in [0.25, 0.3) is 0 Å². The molecule has 0 aromatic heterocycles. The molecule has 0 saturated heterocycles. The lowest BCUT2D eigenvalue weighted by Crippen LogP contribution is -2.09. The fraction of sp³-hybridized carbons (Fsp3) is 0.143. The first kappa shape index (κ1) is 11.0. The molecule has 0 spiro atoms. The normalized spacial score (nSPS) is 11.2. The van der Waals surface area contributed by atoms with E-state index in [1.807, 2.05) is 0 Å². The summed E-state index contributed by atoms with van der Waals surface area (Å²) < 4.78 is 27.3. The van der Waals surface area contributed by atoms with E-state index in [1.54, 1.807) is 24.3 Å². The Balaban J connectivity index is 2.82. The standard InChI is InChI=1S/C7H6Br2O3S/c8-5-13(10,11)12-7-3-1-6(9)2-4-7/h1-4H,5H2. The number of rotatable bonds is 3. The molecule has 0 radical (unpaired) electrons. The molecule has 13 heavy (non-hydrogen) atoms. The number of hydrogen-bond acceptors (Lipinski definition) is 3. The molecule has 0 heterocycles. The molecule has 0 fully saturated rings. The topological polar surface area (TPSA) is 43.4 Å². The van der Waals surface area contributed by atoms with E-state index in [1.165, 1.54) is 0 Å². The van der Waals surface area contributed by atoms with Gasteiger partial charge >= 0.3 is 10.1 Å². The molecule has 0 amide bonds. The number of alkyl halides is 1. The van der Waals surface area contributed by atoms with E-state index >= 15 is 0 Å². The average molecular weight is 330 g/mol. The molecule has 0 unspecified atom stereocenters. The molecule has 1 rings (SSSR count). The highest BCUT2D eigenvalue weighted by molar-refractivity contribution is 9.10. The molecule has 0 atom stereocenters. The molecule has 0 N–H and O–H groups in total. The number of hydrogen-bond donors (Lipinski definition) is 0. The van der Waals surface area contributed by atoms with Crippen molar-refractivity contribution in [3.63, 3.8) is 0 Å². The zero-order chi connectivity index (χ0) is 9.90. The fourth-order valence-corrected chi connectivity index (χ4v) is 1.65. The van der Waals surface area contributed by atoms with Crippen molar-refractivity contribution in [2.24, 2.45) is 0 Å². The summed E-state index contributed by atoms with van der Waals surface area (Å²) in [5.74, 6) is 0.308. The first-order valence-electron chi connectivity index (χ1n) is 3.27. The SMILES string of the molecule is O=S(=O)(CBr)Oc1ccc(Br)cc1. The van der Waals surface area contributed by atoms with Gasteiger partial charge in [0.15, 0.2) is 0 Å². The Morgan fingerprint density at radius 1 is 1.23 bits per heavy atom. The molecular weight excluding hydrogens is 324 g/mol. The third-order valence-corrected chi connectivity index (χ3v) is 4.09. The van der Waals surface area contributed by atoms with Crippen molar-refractivity contribution >= 4 is 42.0 Å². The van der Waals surface area contributed by atoms with Crippen LogP contribution in [0.3, 0.4) is 0 Å². The van der Waals surface area contributed by atoms with Gasteiger partial charge in [0.1, 0.15) is 10.4 Å². The third-order valence-electron chi connectivity index (χ3n) is 1.17. The van der Waals surface area contributed by atoms with E-state index in [0.29, 0.717) is 5.75 Å². The lowest BCUT2D eigenvalue weighted by molar-refractivity contribution is 0.492. The minimum atomic E-state index is -3.48. The minimum Gasteiger partial charge on any atom is -0.382 e. The highest BCUT2D eigenvalue weighted by atomic mass is 79.9. The summed E-state index contributed by atoms with van der Waals surface area (Å²) in [5, 5.41) is 0. The Morgan fingerprint density at radius 3 is 2.23 bits per heavy atom.